The number of piperazine rings is 1. The maximum atomic E-state index is 4.70. The van der Waals surface area contributed by atoms with Crippen LogP contribution in [0.25, 0.3) is 0 Å². The van der Waals surface area contributed by atoms with Crippen LogP contribution in [0.15, 0.2) is 0 Å². The predicted octanol–water partition coefficient (Wildman–Crippen LogP) is 2.97. The van der Waals surface area contributed by atoms with Gasteiger partial charge < -0.3 is 5.32 Å². The topological polar surface area (TPSA) is 28.2 Å². The summed E-state index contributed by atoms with van der Waals surface area (Å²) in [7, 11) is 0. The maximum Gasteiger partial charge on any atom is 0.107 e. The molecule has 2 atom stereocenters. The first-order valence-electron chi connectivity index (χ1n) is 7.36. The highest BCUT2D eigenvalue weighted by molar-refractivity contribution is 7.11. The van der Waals surface area contributed by atoms with Crippen LogP contribution in [0.3, 0.4) is 0 Å². The molecule has 2 rings (SSSR count). The molecule has 108 valence electrons. The lowest BCUT2D eigenvalue weighted by atomic mass is 9.99. The van der Waals surface area contributed by atoms with Crippen molar-refractivity contribution in [2.24, 2.45) is 5.92 Å². The van der Waals surface area contributed by atoms with Gasteiger partial charge in [-0.05, 0) is 33.1 Å². The summed E-state index contributed by atoms with van der Waals surface area (Å²) in [5.74, 6) is 0.752. The third-order valence-corrected chi connectivity index (χ3v) is 4.94. The molecule has 2 unspecified atom stereocenters. The van der Waals surface area contributed by atoms with Gasteiger partial charge >= 0.3 is 0 Å². The van der Waals surface area contributed by atoms with Gasteiger partial charge in [0.15, 0.2) is 0 Å². The van der Waals surface area contributed by atoms with E-state index in [1.165, 1.54) is 22.0 Å². The van der Waals surface area contributed by atoms with Gasteiger partial charge in [-0.25, -0.2) is 4.98 Å². The van der Waals surface area contributed by atoms with E-state index in [0.29, 0.717) is 12.1 Å². The fraction of sp³-hybridized carbons (Fsp3) is 0.800. The number of thiazole rings is 1. The molecule has 1 aliphatic rings. The summed E-state index contributed by atoms with van der Waals surface area (Å²) >= 11 is 1.86. The standard InChI is InChI=1S/C15H27N3S/c1-10(2)6-14-7-16-11(3)8-18(14)9-15-17-12(4)13(5)19-15/h10-11,14,16H,6-9H2,1-5H3. The number of nitrogens with zero attached hydrogens (tertiary/aromatic N) is 2. The van der Waals surface area contributed by atoms with E-state index in [1.54, 1.807) is 0 Å². The molecule has 0 aromatic carbocycles. The Labute approximate surface area is 121 Å². The Bertz CT molecular complexity index is 394. The van der Waals surface area contributed by atoms with Gasteiger partial charge in [-0.1, -0.05) is 13.8 Å². The average Bonchev–Trinajstić information content (AvgIpc) is 2.61. The molecule has 0 aliphatic carbocycles. The minimum Gasteiger partial charge on any atom is -0.311 e. The van der Waals surface area contributed by atoms with Crippen molar-refractivity contribution in [2.45, 2.75) is 59.7 Å². The number of hydrogen-bond acceptors (Lipinski definition) is 4. The van der Waals surface area contributed by atoms with Crippen LogP contribution in [0.2, 0.25) is 0 Å². The van der Waals surface area contributed by atoms with E-state index < -0.39 is 0 Å². The molecule has 0 bridgehead atoms. The van der Waals surface area contributed by atoms with Gasteiger partial charge in [0.25, 0.3) is 0 Å². The molecule has 19 heavy (non-hydrogen) atoms. The van der Waals surface area contributed by atoms with Gasteiger partial charge in [0.05, 0.1) is 12.2 Å². The lowest BCUT2D eigenvalue weighted by Crippen LogP contribution is -2.55. The molecule has 0 saturated carbocycles. The molecule has 0 spiro atoms. The Morgan fingerprint density at radius 2 is 2.16 bits per heavy atom. The summed E-state index contributed by atoms with van der Waals surface area (Å²) in [6, 6.07) is 1.24. The summed E-state index contributed by atoms with van der Waals surface area (Å²) < 4.78 is 0. The molecule has 1 aromatic rings. The molecular formula is C15H27N3S. The first-order valence-corrected chi connectivity index (χ1v) is 8.17. The Balaban J connectivity index is 2.04. The van der Waals surface area contributed by atoms with Crippen LogP contribution in [-0.4, -0.2) is 35.1 Å². The van der Waals surface area contributed by atoms with Gasteiger partial charge in [-0.2, -0.15) is 0 Å². The van der Waals surface area contributed by atoms with Crippen molar-refractivity contribution < 1.29 is 0 Å². The quantitative estimate of drug-likeness (QED) is 0.919. The largest absolute Gasteiger partial charge is 0.311 e. The molecule has 2 heterocycles. The van der Waals surface area contributed by atoms with E-state index >= 15 is 0 Å². The van der Waals surface area contributed by atoms with Gasteiger partial charge in [0, 0.05) is 30.1 Å². The third-order valence-electron chi connectivity index (χ3n) is 3.88. The molecule has 1 aliphatic heterocycles. The predicted molar refractivity (Wildman–Crippen MR) is 82.7 cm³/mol. The van der Waals surface area contributed by atoms with Crippen molar-refractivity contribution in [1.82, 2.24) is 15.2 Å². The van der Waals surface area contributed by atoms with E-state index in [1.807, 2.05) is 11.3 Å². The zero-order valence-corrected chi connectivity index (χ0v) is 13.7. The zero-order valence-electron chi connectivity index (χ0n) is 12.9. The Kier molecular flexibility index (Phi) is 4.98. The highest BCUT2D eigenvalue weighted by Crippen LogP contribution is 2.22. The highest BCUT2D eigenvalue weighted by Gasteiger charge is 2.27. The van der Waals surface area contributed by atoms with E-state index in [-0.39, 0.29) is 0 Å². The van der Waals surface area contributed by atoms with Crippen molar-refractivity contribution in [1.29, 1.82) is 0 Å². The van der Waals surface area contributed by atoms with E-state index in [4.69, 9.17) is 4.98 Å². The second kappa shape index (κ2) is 6.33. The molecule has 0 radical (unpaired) electrons. The summed E-state index contributed by atoms with van der Waals surface area (Å²) in [6.45, 7) is 14.4. The number of aryl methyl sites for hydroxylation is 2. The lowest BCUT2D eigenvalue weighted by molar-refractivity contribution is 0.111. The van der Waals surface area contributed by atoms with Crippen LogP contribution in [0, 0.1) is 19.8 Å². The Hall–Kier alpha value is -0.450. The SMILES string of the molecule is Cc1nc(CN2CC(C)NCC2CC(C)C)sc1C. The summed E-state index contributed by atoms with van der Waals surface area (Å²) in [5, 5.41) is 4.89. The molecule has 4 heteroatoms. The van der Waals surface area contributed by atoms with Crippen molar-refractivity contribution >= 4 is 11.3 Å². The molecule has 0 amide bonds. The number of nitrogens with one attached hydrogen (secondary N) is 1. The second-order valence-corrected chi connectivity index (χ2v) is 7.56. The molecule has 1 saturated heterocycles. The minimum atomic E-state index is 0.588. The number of aromatic nitrogens is 1. The summed E-state index contributed by atoms with van der Waals surface area (Å²) in [6.07, 6.45) is 1.27. The van der Waals surface area contributed by atoms with Crippen LogP contribution in [0.4, 0.5) is 0 Å². The summed E-state index contributed by atoms with van der Waals surface area (Å²) in [4.78, 5) is 8.68. The van der Waals surface area contributed by atoms with Crippen molar-refractivity contribution in [3.8, 4) is 0 Å². The zero-order chi connectivity index (χ0) is 14.0. The normalized spacial score (nSPS) is 25.2. The minimum absolute atomic E-state index is 0.588. The molecule has 3 nitrogen and oxygen atoms in total. The van der Waals surface area contributed by atoms with Gasteiger partial charge in [0.1, 0.15) is 5.01 Å². The van der Waals surface area contributed by atoms with Crippen LogP contribution >= 0.6 is 11.3 Å². The van der Waals surface area contributed by atoms with Crippen LogP contribution in [0.5, 0.6) is 0 Å². The van der Waals surface area contributed by atoms with E-state index in [2.05, 4.69) is 44.8 Å². The number of rotatable bonds is 4. The Morgan fingerprint density at radius 3 is 2.74 bits per heavy atom. The van der Waals surface area contributed by atoms with Crippen molar-refractivity contribution in [3.63, 3.8) is 0 Å². The third kappa shape index (κ3) is 4.01. The molecule has 1 fully saturated rings. The van der Waals surface area contributed by atoms with Gasteiger partial charge in [-0.3, -0.25) is 4.90 Å². The van der Waals surface area contributed by atoms with E-state index in [9.17, 15) is 0 Å². The highest BCUT2D eigenvalue weighted by atomic mass is 32.1. The van der Waals surface area contributed by atoms with E-state index in [0.717, 1.165) is 25.6 Å². The maximum absolute atomic E-state index is 4.70. The van der Waals surface area contributed by atoms with Gasteiger partial charge in [0.2, 0.25) is 0 Å². The van der Waals surface area contributed by atoms with Crippen LogP contribution < -0.4 is 5.32 Å². The van der Waals surface area contributed by atoms with Crippen LogP contribution in [-0.2, 0) is 6.54 Å². The van der Waals surface area contributed by atoms with Gasteiger partial charge in [-0.15, -0.1) is 11.3 Å². The summed E-state index contributed by atoms with van der Waals surface area (Å²) in [5.41, 5.74) is 1.20. The lowest BCUT2D eigenvalue weighted by Gasteiger charge is -2.39. The Morgan fingerprint density at radius 1 is 1.42 bits per heavy atom. The average molecular weight is 281 g/mol. The number of hydrogen-bond donors (Lipinski definition) is 1. The van der Waals surface area contributed by atoms with Crippen LogP contribution in [0.1, 0.15) is 42.8 Å². The monoisotopic (exact) mass is 281 g/mol. The smallest absolute Gasteiger partial charge is 0.107 e. The fourth-order valence-corrected chi connectivity index (χ4v) is 3.74. The fourth-order valence-electron chi connectivity index (χ4n) is 2.78. The first kappa shape index (κ1) is 14.9. The first-order chi connectivity index (χ1) is 8.95. The molecule has 1 aromatic heterocycles. The second-order valence-electron chi connectivity index (χ2n) is 6.27. The van der Waals surface area contributed by atoms with Crippen molar-refractivity contribution in [2.75, 3.05) is 13.1 Å². The molecular weight excluding hydrogens is 254 g/mol. The molecule has 1 N–H and O–H groups in total. The van der Waals surface area contributed by atoms with Crippen molar-refractivity contribution in [3.05, 3.63) is 15.6 Å².